The first kappa shape index (κ1) is 21.2. The molecule has 1 amide bonds. The van der Waals surface area contributed by atoms with Crippen molar-refractivity contribution >= 4 is 12.0 Å². The second-order valence-corrected chi connectivity index (χ2v) is 8.20. The van der Waals surface area contributed by atoms with Crippen molar-refractivity contribution in [1.29, 1.82) is 5.26 Å². The summed E-state index contributed by atoms with van der Waals surface area (Å²) in [5.74, 6) is -0.334. The van der Waals surface area contributed by atoms with Gasteiger partial charge in [0.25, 0.3) is 0 Å². The summed E-state index contributed by atoms with van der Waals surface area (Å²) in [4.78, 5) is 17.5. The molecule has 0 saturated carbocycles. The zero-order chi connectivity index (χ0) is 21.8. The van der Waals surface area contributed by atoms with Crippen molar-refractivity contribution in [3.63, 3.8) is 0 Å². The van der Waals surface area contributed by atoms with E-state index in [0.29, 0.717) is 12.1 Å². The Kier molecular flexibility index (Phi) is 6.45. The number of likely N-dealkylation sites (N-methyl/N-ethyl adjacent to an activating group) is 1. The van der Waals surface area contributed by atoms with Crippen LogP contribution in [0.5, 0.6) is 0 Å². The summed E-state index contributed by atoms with van der Waals surface area (Å²) < 4.78 is 13.5. The van der Waals surface area contributed by atoms with Crippen LogP contribution in [0.3, 0.4) is 0 Å². The Morgan fingerprint density at radius 3 is 2.71 bits per heavy atom. The van der Waals surface area contributed by atoms with Crippen molar-refractivity contribution in [3.8, 4) is 6.07 Å². The van der Waals surface area contributed by atoms with Gasteiger partial charge in [-0.25, -0.2) is 4.39 Å². The number of piperazine rings is 1. The van der Waals surface area contributed by atoms with Crippen LogP contribution in [0.2, 0.25) is 0 Å². The van der Waals surface area contributed by atoms with E-state index >= 15 is 0 Å². The Morgan fingerprint density at radius 2 is 2.00 bits per heavy atom. The number of hydrogen-bond acceptors (Lipinski definition) is 4. The van der Waals surface area contributed by atoms with Crippen LogP contribution in [-0.2, 0) is 17.8 Å². The van der Waals surface area contributed by atoms with E-state index in [-0.39, 0.29) is 11.7 Å². The second kappa shape index (κ2) is 9.42. The first-order valence-electron chi connectivity index (χ1n) is 10.7. The molecule has 160 valence electrons. The predicted octanol–water partition coefficient (Wildman–Crippen LogP) is 3.26. The highest BCUT2D eigenvalue weighted by Gasteiger charge is 2.31. The minimum Gasteiger partial charge on any atom is -0.340 e. The number of benzene rings is 2. The van der Waals surface area contributed by atoms with Crippen LogP contribution in [0.25, 0.3) is 6.08 Å². The van der Waals surface area contributed by atoms with Gasteiger partial charge < -0.3 is 10.2 Å². The molecule has 1 atom stereocenters. The van der Waals surface area contributed by atoms with Gasteiger partial charge in [-0.05, 0) is 59.4 Å². The highest BCUT2D eigenvalue weighted by atomic mass is 19.1. The minimum atomic E-state index is -0.460. The van der Waals surface area contributed by atoms with Gasteiger partial charge in [0.1, 0.15) is 11.9 Å². The summed E-state index contributed by atoms with van der Waals surface area (Å²) in [6.45, 7) is 3.56. The van der Waals surface area contributed by atoms with Crippen LogP contribution in [-0.4, -0.2) is 48.9 Å². The first-order chi connectivity index (χ1) is 15.1. The zero-order valence-corrected chi connectivity index (χ0v) is 17.8. The van der Waals surface area contributed by atoms with Gasteiger partial charge in [-0.2, -0.15) is 5.26 Å². The Bertz CT molecular complexity index is 1020. The molecule has 0 spiro atoms. The molecule has 4 rings (SSSR count). The van der Waals surface area contributed by atoms with E-state index in [0.717, 1.165) is 61.3 Å². The Balaban J connectivity index is 1.63. The van der Waals surface area contributed by atoms with Crippen LogP contribution >= 0.6 is 0 Å². The van der Waals surface area contributed by atoms with E-state index in [4.69, 9.17) is 0 Å². The van der Waals surface area contributed by atoms with Crippen LogP contribution in [0, 0.1) is 17.1 Å². The summed E-state index contributed by atoms with van der Waals surface area (Å²) in [6.07, 6.45) is 6.11. The summed E-state index contributed by atoms with van der Waals surface area (Å²) in [7, 11) is 1.80. The van der Waals surface area contributed by atoms with Gasteiger partial charge >= 0.3 is 0 Å². The number of nitrogens with one attached hydrogen (secondary N) is 1. The molecule has 6 heteroatoms. The van der Waals surface area contributed by atoms with E-state index in [2.05, 4.69) is 28.4 Å². The van der Waals surface area contributed by atoms with Gasteiger partial charge in [0.15, 0.2) is 0 Å². The molecule has 0 radical (unpaired) electrons. The van der Waals surface area contributed by atoms with Gasteiger partial charge in [0.05, 0.1) is 11.6 Å². The van der Waals surface area contributed by atoms with Crippen LogP contribution in [0.1, 0.15) is 40.3 Å². The number of fused-ring (bicyclic) bond motifs is 1. The summed E-state index contributed by atoms with van der Waals surface area (Å²) in [5, 5.41) is 12.8. The summed E-state index contributed by atoms with van der Waals surface area (Å²) in [6, 6.07) is 11.9. The lowest BCUT2D eigenvalue weighted by molar-refractivity contribution is -0.136. The molecule has 1 saturated heterocycles. The number of carbonyl (C=O) groups is 1. The normalized spacial score (nSPS) is 16.9. The third kappa shape index (κ3) is 4.68. The quantitative estimate of drug-likeness (QED) is 0.810. The lowest BCUT2D eigenvalue weighted by Crippen LogP contribution is -2.49. The second-order valence-electron chi connectivity index (χ2n) is 8.20. The average Bonchev–Trinajstić information content (AvgIpc) is 2.81. The molecule has 0 bridgehead atoms. The molecule has 1 fully saturated rings. The molecule has 5 nitrogen and oxygen atoms in total. The van der Waals surface area contributed by atoms with Gasteiger partial charge in [0.2, 0.25) is 5.91 Å². The zero-order valence-electron chi connectivity index (χ0n) is 17.8. The van der Waals surface area contributed by atoms with Crippen molar-refractivity contribution in [2.24, 2.45) is 0 Å². The van der Waals surface area contributed by atoms with E-state index in [1.54, 1.807) is 24.1 Å². The average molecular weight is 419 g/mol. The summed E-state index contributed by atoms with van der Waals surface area (Å²) >= 11 is 0. The number of amides is 1. The molecule has 1 heterocycles. The Hall–Kier alpha value is -3.01. The number of carbonyl (C=O) groups excluding carboxylic acids is 1. The standard InChI is InChI=1S/C25H27FN4O/c1-29(17-21-15-18(16-27)14-20-4-2-3-5-23(20)21)25(31)24(30-12-10-28-11-13-30)19-6-8-22(26)9-7-19/h3,5-9,14-15,24,28H,2,4,10-13,17H2,1H3. The van der Waals surface area contributed by atoms with Crippen molar-refractivity contribution in [1.82, 2.24) is 15.1 Å². The molecule has 1 N–H and O–H groups in total. The number of rotatable bonds is 5. The maximum atomic E-state index is 13.6. The Labute approximate surface area is 182 Å². The molecule has 0 aromatic heterocycles. The maximum Gasteiger partial charge on any atom is 0.244 e. The topological polar surface area (TPSA) is 59.4 Å². The van der Waals surface area contributed by atoms with E-state index in [9.17, 15) is 14.4 Å². The fourth-order valence-electron chi connectivity index (χ4n) is 4.47. The number of aryl methyl sites for hydroxylation is 1. The van der Waals surface area contributed by atoms with Crippen molar-refractivity contribution in [2.45, 2.75) is 25.4 Å². The number of nitrogens with zero attached hydrogens (tertiary/aromatic N) is 3. The first-order valence-corrected chi connectivity index (χ1v) is 10.7. The summed E-state index contributed by atoms with van der Waals surface area (Å²) in [5.41, 5.74) is 4.69. The SMILES string of the molecule is CN(Cc1cc(C#N)cc2c1C=CCC2)C(=O)C(c1ccc(F)cc1)N1CCNCC1. The monoisotopic (exact) mass is 418 g/mol. The molecule has 1 aliphatic carbocycles. The fourth-order valence-corrected chi connectivity index (χ4v) is 4.47. The van der Waals surface area contributed by atoms with E-state index in [1.807, 2.05) is 12.1 Å². The van der Waals surface area contributed by atoms with Crippen LogP contribution in [0.4, 0.5) is 4.39 Å². The minimum absolute atomic E-state index is 0.0237. The van der Waals surface area contributed by atoms with Gasteiger partial charge in [-0.15, -0.1) is 0 Å². The molecular formula is C25H27FN4O. The molecule has 1 unspecified atom stereocenters. The van der Waals surface area contributed by atoms with E-state index < -0.39 is 6.04 Å². The molecule has 2 aromatic rings. The highest BCUT2D eigenvalue weighted by Crippen LogP contribution is 2.28. The van der Waals surface area contributed by atoms with Crippen molar-refractivity contribution in [2.75, 3.05) is 33.2 Å². The highest BCUT2D eigenvalue weighted by molar-refractivity contribution is 5.83. The maximum absolute atomic E-state index is 13.6. The third-order valence-corrected chi connectivity index (χ3v) is 6.07. The largest absolute Gasteiger partial charge is 0.340 e. The third-order valence-electron chi connectivity index (χ3n) is 6.07. The Morgan fingerprint density at radius 1 is 1.26 bits per heavy atom. The van der Waals surface area contributed by atoms with Crippen molar-refractivity contribution < 1.29 is 9.18 Å². The molecule has 2 aromatic carbocycles. The number of nitriles is 1. The van der Waals surface area contributed by atoms with Gasteiger partial charge in [-0.3, -0.25) is 9.69 Å². The fraction of sp³-hybridized carbons (Fsp3) is 0.360. The molecule has 1 aliphatic heterocycles. The lowest BCUT2D eigenvalue weighted by atomic mass is 9.91. The van der Waals surface area contributed by atoms with Crippen LogP contribution < -0.4 is 5.32 Å². The van der Waals surface area contributed by atoms with Crippen molar-refractivity contribution in [3.05, 3.63) is 76.1 Å². The number of allylic oxidation sites excluding steroid dienone is 1. The van der Waals surface area contributed by atoms with Gasteiger partial charge in [0, 0.05) is 39.8 Å². The van der Waals surface area contributed by atoms with Gasteiger partial charge in [-0.1, -0.05) is 24.3 Å². The van der Waals surface area contributed by atoms with Crippen LogP contribution in [0.15, 0.2) is 42.5 Å². The number of halogens is 1. The lowest BCUT2D eigenvalue weighted by Gasteiger charge is -2.36. The van der Waals surface area contributed by atoms with E-state index in [1.165, 1.54) is 12.1 Å². The molecular weight excluding hydrogens is 391 g/mol. The predicted molar refractivity (Wildman–Crippen MR) is 119 cm³/mol. The molecule has 2 aliphatic rings. The number of hydrogen-bond donors (Lipinski definition) is 1. The molecule has 31 heavy (non-hydrogen) atoms. The smallest absolute Gasteiger partial charge is 0.244 e.